The van der Waals surface area contributed by atoms with Gasteiger partial charge in [-0.2, -0.15) is 13.2 Å². The minimum absolute atomic E-state index is 0.277. The lowest BCUT2D eigenvalue weighted by Gasteiger charge is -2.10. The van der Waals surface area contributed by atoms with Crippen LogP contribution >= 0.6 is 27.3 Å². The molecule has 3 rings (SSSR count). The molecule has 1 N–H and O–H groups in total. The van der Waals surface area contributed by atoms with E-state index in [1.165, 1.54) is 11.3 Å². The van der Waals surface area contributed by atoms with Crippen LogP contribution in [-0.2, 0) is 6.18 Å². The Morgan fingerprint density at radius 1 is 1.12 bits per heavy atom. The van der Waals surface area contributed by atoms with Crippen LogP contribution in [0.5, 0.6) is 0 Å². The molecule has 0 aliphatic heterocycles. The molecule has 0 saturated carbocycles. The monoisotopic (exact) mass is 447 g/mol. The van der Waals surface area contributed by atoms with E-state index < -0.39 is 29.2 Å². The van der Waals surface area contributed by atoms with Crippen LogP contribution in [0.2, 0.25) is 0 Å². The van der Waals surface area contributed by atoms with Crippen LogP contribution in [0.15, 0.2) is 46.3 Å². The molecule has 0 aliphatic rings. The van der Waals surface area contributed by atoms with Gasteiger partial charge in [0.2, 0.25) is 0 Å². The number of alkyl halides is 3. The molecule has 138 valence electrons. The zero-order valence-electron chi connectivity index (χ0n) is 13.7. The third-order valence-electron chi connectivity index (χ3n) is 3.32. The van der Waals surface area contributed by atoms with E-state index in [4.69, 9.17) is 0 Å². The molecule has 1 heterocycles. The molecule has 0 bridgehead atoms. The first kappa shape index (κ1) is 20.4. The van der Waals surface area contributed by atoms with Crippen molar-refractivity contribution in [2.45, 2.75) is 20.0 Å². The highest BCUT2D eigenvalue weighted by Crippen LogP contribution is 2.33. The molecule has 8 heteroatoms. The molecule has 3 aromatic rings. The Balaban J connectivity index is 0.00000117. The second-order valence-electron chi connectivity index (χ2n) is 4.94. The second kappa shape index (κ2) is 8.18. The van der Waals surface area contributed by atoms with Crippen molar-refractivity contribution < 1.29 is 22.4 Å². The van der Waals surface area contributed by atoms with E-state index in [1.54, 1.807) is 17.5 Å². The van der Waals surface area contributed by atoms with Gasteiger partial charge in [-0.1, -0.05) is 35.8 Å². The molecule has 0 radical (unpaired) electrons. The number of thiophene rings is 1. The SMILES string of the molecule is CC.O=C(Nc1cc(C(F)(F)F)ccc1F)c1csc2cc(Br)ccc12. The summed E-state index contributed by atoms with van der Waals surface area (Å²) < 4.78 is 53.6. The number of halogens is 5. The zero-order valence-corrected chi connectivity index (χ0v) is 16.2. The number of carbonyl (C=O) groups excluding carboxylic acids is 1. The molecular formula is C18H14BrF4NOS. The van der Waals surface area contributed by atoms with Crippen molar-refractivity contribution in [1.29, 1.82) is 0 Å². The molecule has 0 spiro atoms. The number of carbonyl (C=O) groups is 1. The highest BCUT2D eigenvalue weighted by Gasteiger charge is 2.31. The average molecular weight is 448 g/mol. The molecule has 2 nitrogen and oxygen atoms in total. The summed E-state index contributed by atoms with van der Waals surface area (Å²) >= 11 is 4.63. The van der Waals surface area contributed by atoms with Crippen LogP contribution in [0.4, 0.5) is 23.2 Å². The number of hydrogen-bond acceptors (Lipinski definition) is 2. The smallest absolute Gasteiger partial charge is 0.319 e. The minimum Gasteiger partial charge on any atom is -0.319 e. The maximum absolute atomic E-state index is 13.7. The van der Waals surface area contributed by atoms with Crippen molar-refractivity contribution in [2.75, 3.05) is 5.32 Å². The third kappa shape index (κ3) is 4.42. The van der Waals surface area contributed by atoms with Gasteiger partial charge in [0.05, 0.1) is 16.8 Å². The highest BCUT2D eigenvalue weighted by atomic mass is 79.9. The summed E-state index contributed by atoms with van der Waals surface area (Å²) in [6, 6.07) is 7.17. The number of anilines is 1. The minimum atomic E-state index is -4.62. The summed E-state index contributed by atoms with van der Waals surface area (Å²) in [7, 11) is 0. The van der Waals surface area contributed by atoms with Crippen molar-refractivity contribution in [3.05, 3.63) is 63.2 Å². The fourth-order valence-corrected chi connectivity index (χ4v) is 3.66. The quantitative estimate of drug-likeness (QED) is 0.417. The molecule has 2 aromatic carbocycles. The summed E-state index contributed by atoms with van der Waals surface area (Å²) in [5.74, 6) is -1.60. The van der Waals surface area contributed by atoms with E-state index in [9.17, 15) is 22.4 Å². The fraction of sp³-hybridized carbons (Fsp3) is 0.167. The lowest BCUT2D eigenvalue weighted by Crippen LogP contribution is -2.14. The maximum atomic E-state index is 13.7. The van der Waals surface area contributed by atoms with Crippen LogP contribution in [0.25, 0.3) is 10.1 Å². The standard InChI is InChI=1S/C16H8BrF4NOS.C2H6/c17-9-2-3-10-11(7-24-14(10)6-9)15(23)22-13-5-8(16(19,20)21)1-4-12(13)18;1-2/h1-7H,(H,22,23);1-2H3. The number of nitrogens with one attached hydrogen (secondary N) is 1. The normalized spacial score (nSPS) is 11.0. The molecule has 0 fully saturated rings. The van der Waals surface area contributed by atoms with Gasteiger partial charge in [0, 0.05) is 19.9 Å². The van der Waals surface area contributed by atoms with Gasteiger partial charge in [0.15, 0.2) is 0 Å². The van der Waals surface area contributed by atoms with Gasteiger partial charge in [0.25, 0.3) is 5.91 Å². The second-order valence-corrected chi connectivity index (χ2v) is 6.76. The topological polar surface area (TPSA) is 29.1 Å². The third-order valence-corrected chi connectivity index (χ3v) is 4.76. The molecule has 0 saturated heterocycles. The zero-order chi connectivity index (χ0) is 19.5. The molecule has 0 aliphatic carbocycles. The van der Waals surface area contributed by atoms with Crippen LogP contribution in [0.1, 0.15) is 29.8 Å². The Morgan fingerprint density at radius 3 is 2.46 bits per heavy atom. The number of fused-ring (bicyclic) bond motifs is 1. The van der Waals surface area contributed by atoms with Crippen molar-refractivity contribution >= 4 is 48.9 Å². The Morgan fingerprint density at radius 2 is 1.81 bits per heavy atom. The van der Waals surface area contributed by atoms with Gasteiger partial charge in [-0.15, -0.1) is 11.3 Å². The molecule has 1 amide bonds. The first-order valence-corrected chi connectivity index (χ1v) is 9.28. The van der Waals surface area contributed by atoms with Gasteiger partial charge < -0.3 is 5.32 Å². The van der Waals surface area contributed by atoms with Crippen LogP contribution in [-0.4, -0.2) is 5.91 Å². The van der Waals surface area contributed by atoms with E-state index in [-0.39, 0.29) is 5.56 Å². The largest absolute Gasteiger partial charge is 0.416 e. The Bertz CT molecular complexity index is 937. The summed E-state index contributed by atoms with van der Waals surface area (Å²) in [5, 5.41) is 4.44. The van der Waals surface area contributed by atoms with E-state index in [0.29, 0.717) is 23.6 Å². The maximum Gasteiger partial charge on any atom is 0.416 e. The summed E-state index contributed by atoms with van der Waals surface area (Å²) in [6.07, 6.45) is -4.62. The van der Waals surface area contributed by atoms with Gasteiger partial charge in [-0.25, -0.2) is 4.39 Å². The van der Waals surface area contributed by atoms with E-state index in [1.807, 2.05) is 19.9 Å². The number of amides is 1. The average Bonchev–Trinajstić information content (AvgIpc) is 3.00. The fourth-order valence-electron chi connectivity index (χ4n) is 2.16. The van der Waals surface area contributed by atoms with E-state index >= 15 is 0 Å². The lowest BCUT2D eigenvalue weighted by molar-refractivity contribution is -0.137. The first-order valence-electron chi connectivity index (χ1n) is 7.60. The van der Waals surface area contributed by atoms with Gasteiger partial charge in [0.1, 0.15) is 5.82 Å². The molecule has 26 heavy (non-hydrogen) atoms. The molecule has 0 atom stereocenters. The number of hydrogen-bond donors (Lipinski definition) is 1. The lowest BCUT2D eigenvalue weighted by atomic mass is 10.1. The molecule has 0 unspecified atom stereocenters. The van der Waals surface area contributed by atoms with Crippen LogP contribution in [0.3, 0.4) is 0 Å². The Kier molecular flexibility index (Phi) is 6.41. The van der Waals surface area contributed by atoms with Gasteiger partial charge >= 0.3 is 6.18 Å². The predicted molar refractivity (Wildman–Crippen MR) is 100 cm³/mol. The predicted octanol–water partition coefficient (Wildman–Crippen LogP) is 7.10. The van der Waals surface area contributed by atoms with E-state index in [0.717, 1.165) is 9.17 Å². The summed E-state index contributed by atoms with van der Waals surface area (Å²) in [6.45, 7) is 4.00. The van der Waals surface area contributed by atoms with E-state index in [2.05, 4.69) is 21.2 Å². The van der Waals surface area contributed by atoms with Crippen molar-refractivity contribution in [1.82, 2.24) is 0 Å². The highest BCUT2D eigenvalue weighted by molar-refractivity contribution is 9.10. The van der Waals surface area contributed by atoms with Crippen molar-refractivity contribution in [2.24, 2.45) is 0 Å². The van der Waals surface area contributed by atoms with Crippen molar-refractivity contribution in [3.63, 3.8) is 0 Å². The van der Waals surface area contributed by atoms with Crippen LogP contribution < -0.4 is 5.32 Å². The van der Waals surface area contributed by atoms with Gasteiger partial charge in [-0.05, 0) is 30.3 Å². The first-order chi connectivity index (χ1) is 12.3. The Labute approximate surface area is 160 Å². The van der Waals surface area contributed by atoms with Gasteiger partial charge in [-0.3, -0.25) is 4.79 Å². The van der Waals surface area contributed by atoms with Crippen LogP contribution in [0, 0.1) is 5.82 Å². The summed E-state index contributed by atoms with van der Waals surface area (Å²) in [4.78, 5) is 12.3. The van der Waals surface area contributed by atoms with Crippen molar-refractivity contribution in [3.8, 4) is 0 Å². The number of benzene rings is 2. The molecular weight excluding hydrogens is 434 g/mol. The Hall–Kier alpha value is -1.93. The number of rotatable bonds is 2. The summed E-state index contributed by atoms with van der Waals surface area (Å²) in [5.41, 5.74) is -1.26. The molecule has 1 aromatic heterocycles.